The molecule has 100 valence electrons. The van der Waals surface area contributed by atoms with E-state index in [1.807, 2.05) is 0 Å². The molecule has 2 aromatic rings. The molecule has 8 heteroatoms. The molecule has 2 aromatic heterocycles. The summed E-state index contributed by atoms with van der Waals surface area (Å²) in [5.41, 5.74) is 5.67. The van der Waals surface area contributed by atoms with Crippen LogP contribution in [0.15, 0.2) is 16.5 Å². The molecule has 3 heterocycles. The van der Waals surface area contributed by atoms with Crippen LogP contribution >= 0.6 is 23.4 Å². The van der Waals surface area contributed by atoms with Crippen molar-refractivity contribution in [2.24, 2.45) is 0 Å². The van der Waals surface area contributed by atoms with Gasteiger partial charge in [-0.3, -0.25) is 0 Å². The van der Waals surface area contributed by atoms with Crippen LogP contribution in [0.4, 0.5) is 5.82 Å². The highest BCUT2D eigenvalue weighted by molar-refractivity contribution is 7.99. The molecule has 0 saturated heterocycles. The summed E-state index contributed by atoms with van der Waals surface area (Å²) in [6.07, 6.45) is 5.94. The Bertz CT molecular complexity index is 599. The highest BCUT2D eigenvalue weighted by atomic mass is 35.5. The number of aryl methyl sites for hydroxylation is 1. The maximum Gasteiger partial charge on any atom is 0.197 e. The normalized spacial score (nSPS) is 15.0. The van der Waals surface area contributed by atoms with Crippen LogP contribution in [0, 0.1) is 0 Å². The number of nitrogen functional groups attached to an aromatic ring is 1. The molecule has 0 saturated carbocycles. The monoisotopic (exact) mass is 296 g/mol. The topological polar surface area (TPSA) is 82.5 Å². The molecule has 0 radical (unpaired) electrons. The first kappa shape index (κ1) is 12.7. The molecule has 2 N–H and O–H groups in total. The van der Waals surface area contributed by atoms with Gasteiger partial charge in [0.1, 0.15) is 28.0 Å². The Balaban J connectivity index is 1.91. The summed E-state index contributed by atoms with van der Waals surface area (Å²) < 4.78 is 2.15. The van der Waals surface area contributed by atoms with Crippen molar-refractivity contribution in [2.75, 3.05) is 5.73 Å². The van der Waals surface area contributed by atoms with Crippen molar-refractivity contribution in [3.8, 4) is 0 Å². The third-order valence-electron chi connectivity index (χ3n) is 3.05. The number of halogens is 1. The molecule has 19 heavy (non-hydrogen) atoms. The van der Waals surface area contributed by atoms with Gasteiger partial charge in [-0.15, -0.1) is 10.2 Å². The van der Waals surface area contributed by atoms with E-state index < -0.39 is 0 Å². The van der Waals surface area contributed by atoms with Gasteiger partial charge in [0.05, 0.1) is 0 Å². The van der Waals surface area contributed by atoms with E-state index in [9.17, 15) is 0 Å². The lowest BCUT2D eigenvalue weighted by atomic mass is 10.2. The zero-order valence-electron chi connectivity index (χ0n) is 10.2. The first-order valence-electron chi connectivity index (χ1n) is 6.11. The zero-order chi connectivity index (χ0) is 13.2. The largest absolute Gasteiger partial charge is 0.382 e. The average molecular weight is 297 g/mol. The number of hydrogen-bond donors (Lipinski definition) is 1. The van der Waals surface area contributed by atoms with Gasteiger partial charge >= 0.3 is 0 Å². The summed E-state index contributed by atoms with van der Waals surface area (Å²) in [6, 6.07) is 0. The molecule has 6 nitrogen and oxygen atoms in total. The fourth-order valence-corrected chi connectivity index (χ4v) is 3.13. The maximum absolute atomic E-state index is 6.10. The number of hydrogen-bond acceptors (Lipinski definition) is 6. The maximum atomic E-state index is 6.10. The van der Waals surface area contributed by atoms with Crippen LogP contribution in [-0.2, 0) is 13.0 Å². The third kappa shape index (κ3) is 2.52. The second-order valence-corrected chi connectivity index (χ2v) is 5.68. The average Bonchev–Trinajstić information content (AvgIpc) is 2.63. The third-order valence-corrected chi connectivity index (χ3v) is 4.52. The van der Waals surface area contributed by atoms with Crippen molar-refractivity contribution in [1.82, 2.24) is 24.7 Å². The number of fused-ring (bicyclic) bond motifs is 1. The molecule has 0 bridgehead atoms. The van der Waals surface area contributed by atoms with Crippen LogP contribution in [0.1, 0.15) is 25.1 Å². The van der Waals surface area contributed by atoms with Crippen molar-refractivity contribution >= 4 is 29.2 Å². The first-order valence-corrected chi connectivity index (χ1v) is 7.31. The molecule has 0 amide bonds. The number of aromatic nitrogens is 5. The molecule has 3 rings (SSSR count). The van der Waals surface area contributed by atoms with E-state index in [1.165, 1.54) is 30.9 Å². The Morgan fingerprint density at radius 3 is 3.00 bits per heavy atom. The number of nitrogens with zero attached hydrogens (tertiary/aromatic N) is 5. The zero-order valence-corrected chi connectivity index (χ0v) is 11.8. The Morgan fingerprint density at radius 1 is 1.21 bits per heavy atom. The smallest absolute Gasteiger partial charge is 0.197 e. The minimum atomic E-state index is 0.287. The predicted molar refractivity (Wildman–Crippen MR) is 73.2 cm³/mol. The standard InChI is InChI=1S/C11H13ClN6S/c12-8-9(13)14-6-15-10(8)19-11-17-16-7-4-2-1-3-5-18(7)11/h6H,1-5H2,(H2,13,14,15). The van der Waals surface area contributed by atoms with Crippen molar-refractivity contribution in [3.63, 3.8) is 0 Å². The molecule has 0 aliphatic carbocycles. The van der Waals surface area contributed by atoms with E-state index in [4.69, 9.17) is 17.3 Å². The Morgan fingerprint density at radius 2 is 2.11 bits per heavy atom. The quantitative estimate of drug-likeness (QED) is 0.855. The first-order chi connectivity index (χ1) is 9.25. The van der Waals surface area contributed by atoms with Gasteiger partial charge in [-0.05, 0) is 24.6 Å². The molecule has 0 aromatic carbocycles. The fourth-order valence-electron chi connectivity index (χ4n) is 2.06. The summed E-state index contributed by atoms with van der Waals surface area (Å²) in [7, 11) is 0. The van der Waals surface area contributed by atoms with Gasteiger partial charge in [-0.1, -0.05) is 18.0 Å². The predicted octanol–water partition coefficient (Wildman–Crippen LogP) is 2.18. The van der Waals surface area contributed by atoms with Gasteiger partial charge in [-0.25, -0.2) is 9.97 Å². The highest BCUT2D eigenvalue weighted by Gasteiger charge is 2.17. The van der Waals surface area contributed by atoms with E-state index in [0.29, 0.717) is 10.0 Å². The lowest BCUT2D eigenvalue weighted by Gasteiger charge is -2.07. The van der Waals surface area contributed by atoms with Crippen LogP contribution in [0.2, 0.25) is 5.02 Å². The Labute approximate surface area is 119 Å². The summed E-state index contributed by atoms with van der Waals surface area (Å²) in [5, 5.41) is 10.3. The summed E-state index contributed by atoms with van der Waals surface area (Å²) in [5.74, 6) is 1.33. The molecule has 0 atom stereocenters. The highest BCUT2D eigenvalue weighted by Crippen LogP contribution is 2.33. The van der Waals surface area contributed by atoms with Crippen molar-refractivity contribution < 1.29 is 0 Å². The van der Waals surface area contributed by atoms with Crippen LogP contribution in [0.25, 0.3) is 0 Å². The lowest BCUT2D eigenvalue weighted by molar-refractivity contribution is 0.590. The molecule has 1 aliphatic rings. The molecule has 0 unspecified atom stereocenters. The number of nitrogens with two attached hydrogens (primary N) is 1. The van der Waals surface area contributed by atoms with Crippen molar-refractivity contribution in [2.45, 2.75) is 42.4 Å². The number of rotatable bonds is 2. The summed E-state index contributed by atoms with van der Waals surface area (Å²) in [4.78, 5) is 7.99. The van der Waals surface area contributed by atoms with Crippen LogP contribution in [-0.4, -0.2) is 24.7 Å². The van der Waals surface area contributed by atoms with Gasteiger partial charge in [0.15, 0.2) is 5.16 Å². The van der Waals surface area contributed by atoms with Gasteiger partial charge in [0.2, 0.25) is 0 Å². The van der Waals surface area contributed by atoms with Crippen LogP contribution in [0.3, 0.4) is 0 Å². The van der Waals surface area contributed by atoms with Crippen LogP contribution in [0.5, 0.6) is 0 Å². The fraction of sp³-hybridized carbons (Fsp3) is 0.455. The molecular weight excluding hydrogens is 284 g/mol. The second-order valence-electron chi connectivity index (χ2n) is 4.34. The second kappa shape index (κ2) is 5.34. The lowest BCUT2D eigenvalue weighted by Crippen LogP contribution is -2.02. The molecular formula is C11H13ClN6S. The van der Waals surface area contributed by atoms with Gasteiger partial charge in [-0.2, -0.15) is 0 Å². The van der Waals surface area contributed by atoms with Crippen LogP contribution < -0.4 is 5.73 Å². The van der Waals surface area contributed by atoms with Gasteiger partial charge < -0.3 is 10.3 Å². The SMILES string of the molecule is Nc1ncnc(Sc2nnc3n2CCCCC3)c1Cl. The van der Waals surface area contributed by atoms with E-state index >= 15 is 0 Å². The Kier molecular flexibility index (Phi) is 3.56. The van der Waals surface area contributed by atoms with E-state index in [2.05, 4.69) is 24.7 Å². The van der Waals surface area contributed by atoms with Crippen molar-refractivity contribution in [3.05, 3.63) is 17.2 Å². The molecule has 1 aliphatic heterocycles. The van der Waals surface area contributed by atoms with Gasteiger partial charge in [0.25, 0.3) is 0 Å². The number of anilines is 1. The summed E-state index contributed by atoms with van der Waals surface area (Å²) >= 11 is 7.48. The van der Waals surface area contributed by atoms with E-state index in [-0.39, 0.29) is 5.82 Å². The van der Waals surface area contributed by atoms with Gasteiger partial charge in [0, 0.05) is 13.0 Å². The summed E-state index contributed by atoms with van der Waals surface area (Å²) in [6.45, 7) is 0.947. The minimum absolute atomic E-state index is 0.287. The minimum Gasteiger partial charge on any atom is -0.382 e. The van der Waals surface area contributed by atoms with E-state index in [0.717, 1.165) is 30.4 Å². The Hall–Kier alpha value is -1.34. The molecule has 0 spiro atoms. The molecule has 0 fully saturated rings. The van der Waals surface area contributed by atoms with E-state index in [1.54, 1.807) is 0 Å². The van der Waals surface area contributed by atoms with Crippen molar-refractivity contribution in [1.29, 1.82) is 0 Å².